The van der Waals surface area contributed by atoms with E-state index in [2.05, 4.69) is 5.10 Å². The predicted octanol–water partition coefficient (Wildman–Crippen LogP) is 2.45. The van der Waals surface area contributed by atoms with Crippen LogP contribution in [0.2, 0.25) is 5.02 Å². The zero-order valence-corrected chi connectivity index (χ0v) is 12.2. The van der Waals surface area contributed by atoms with Crippen LogP contribution < -0.4 is 0 Å². The van der Waals surface area contributed by atoms with Crippen LogP contribution in [0.1, 0.15) is 25.8 Å². The van der Waals surface area contributed by atoms with Crippen molar-refractivity contribution < 1.29 is 4.79 Å². The summed E-state index contributed by atoms with van der Waals surface area (Å²) in [6.45, 7) is 1.86. The first-order valence-electron chi connectivity index (χ1n) is 6.13. The third-order valence-electron chi connectivity index (χ3n) is 3.41. The van der Waals surface area contributed by atoms with Gasteiger partial charge in [-0.2, -0.15) is 16.9 Å². The molecule has 0 spiro atoms. The monoisotopic (exact) mass is 287 g/mol. The quantitative estimate of drug-likeness (QED) is 0.857. The minimum Gasteiger partial charge on any atom is -0.341 e. The molecule has 2 heterocycles. The first-order valence-corrected chi connectivity index (χ1v) is 7.67. The molecule has 0 aromatic carbocycles. The molecule has 1 saturated heterocycles. The van der Waals surface area contributed by atoms with Crippen molar-refractivity contribution in [2.75, 3.05) is 18.6 Å². The number of hydrogen-bond acceptors (Lipinski definition) is 3. The number of hydrogen-bond donors (Lipinski definition) is 0. The fourth-order valence-electron chi connectivity index (χ4n) is 2.19. The van der Waals surface area contributed by atoms with Gasteiger partial charge in [0.1, 0.15) is 6.04 Å². The van der Waals surface area contributed by atoms with Gasteiger partial charge in [0.25, 0.3) is 0 Å². The molecular weight excluding hydrogens is 270 g/mol. The number of thioether (sulfide) groups is 1. The highest BCUT2D eigenvalue weighted by Crippen LogP contribution is 2.23. The number of rotatable bonds is 3. The fraction of sp³-hybridized carbons (Fsp3) is 0.667. The molecule has 0 bridgehead atoms. The number of likely N-dealkylation sites (N-methyl/N-ethyl adjacent to an activating group) is 1. The topological polar surface area (TPSA) is 38.1 Å². The molecule has 1 fully saturated rings. The van der Waals surface area contributed by atoms with Crippen molar-refractivity contribution in [1.82, 2.24) is 14.7 Å². The molecule has 18 heavy (non-hydrogen) atoms. The third-order valence-corrected chi connectivity index (χ3v) is 4.65. The van der Waals surface area contributed by atoms with Crippen LogP contribution >= 0.6 is 23.4 Å². The van der Waals surface area contributed by atoms with Crippen molar-refractivity contribution >= 4 is 29.3 Å². The van der Waals surface area contributed by atoms with Crippen molar-refractivity contribution in [2.45, 2.75) is 31.8 Å². The lowest BCUT2D eigenvalue weighted by molar-refractivity contribution is -0.135. The number of aromatic nitrogens is 2. The van der Waals surface area contributed by atoms with Crippen LogP contribution in [0.4, 0.5) is 0 Å². The zero-order chi connectivity index (χ0) is 13.1. The van der Waals surface area contributed by atoms with Crippen LogP contribution in [-0.2, 0) is 4.79 Å². The summed E-state index contributed by atoms with van der Waals surface area (Å²) >= 11 is 7.79. The van der Waals surface area contributed by atoms with E-state index in [9.17, 15) is 4.79 Å². The lowest BCUT2D eigenvalue weighted by Crippen LogP contribution is -2.42. The van der Waals surface area contributed by atoms with E-state index in [0.29, 0.717) is 11.1 Å². The highest BCUT2D eigenvalue weighted by Gasteiger charge is 2.26. The molecule has 0 saturated carbocycles. The normalized spacial score (nSPS) is 18.6. The number of carbonyl (C=O) groups is 1. The minimum absolute atomic E-state index is 0.103. The van der Waals surface area contributed by atoms with Gasteiger partial charge in [-0.3, -0.25) is 9.48 Å². The van der Waals surface area contributed by atoms with Gasteiger partial charge in [0, 0.05) is 19.3 Å². The van der Waals surface area contributed by atoms with Crippen LogP contribution in [0, 0.1) is 0 Å². The second-order valence-electron chi connectivity index (χ2n) is 4.61. The van der Waals surface area contributed by atoms with Gasteiger partial charge in [-0.05, 0) is 31.3 Å². The Kier molecular flexibility index (Phi) is 4.56. The van der Waals surface area contributed by atoms with Crippen LogP contribution in [0.5, 0.6) is 0 Å². The Balaban J connectivity index is 2.01. The molecule has 0 N–H and O–H groups in total. The van der Waals surface area contributed by atoms with E-state index >= 15 is 0 Å². The van der Waals surface area contributed by atoms with Gasteiger partial charge in [-0.1, -0.05) is 11.6 Å². The van der Waals surface area contributed by atoms with Crippen molar-refractivity contribution in [1.29, 1.82) is 0 Å². The molecule has 0 aliphatic carbocycles. The Morgan fingerprint density at radius 1 is 1.61 bits per heavy atom. The molecule has 1 amide bonds. The second-order valence-corrected chi connectivity index (χ2v) is 6.27. The summed E-state index contributed by atoms with van der Waals surface area (Å²) < 4.78 is 1.62. The maximum atomic E-state index is 12.4. The van der Waals surface area contributed by atoms with Crippen molar-refractivity contribution in [2.24, 2.45) is 0 Å². The molecule has 0 radical (unpaired) electrons. The highest BCUT2D eigenvalue weighted by atomic mass is 35.5. The van der Waals surface area contributed by atoms with E-state index in [-0.39, 0.29) is 11.9 Å². The summed E-state index contributed by atoms with van der Waals surface area (Å²) in [5, 5.41) is 4.66. The lowest BCUT2D eigenvalue weighted by atomic mass is 10.1. The smallest absolute Gasteiger partial charge is 0.247 e. The summed E-state index contributed by atoms with van der Waals surface area (Å²) in [4.78, 5) is 14.2. The zero-order valence-electron chi connectivity index (χ0n) is 10.7. The first kappa shape index (κ1) is 13.7. The molecule has 6 heteroatoms. The molecular formula is C12H18ClN3OS. The Morgan fingerprint density at radius 3 is 2.83 bits per heavy atom. The predicted molar refractivity (Wildman–Crippen MR) is 75.1 cm³/mol. The molecule has 100 valence electrons. The van der Waals surface area contributed by atoms with Gasteiger partial charge in [0.15, 0.2) is 0 Å². The average Bonchev–Trinajstić information content (AvgIpc) is 2.84. The molecule has 2 rings (SSSR count). The Bertz CT molecular complexity index is 417. The molecule has 1 aromatic rings. The summed E-state index contributed by atoms with van der Waals surface area (Å²) in [5.41, 5.74) is 0. The molecule has 1 aliphatic rings. The third kappa shape index (κ3) is 3.01. The maximum absolute atomic E-state index is 12.4. The number of carbonyl (C=O) groups excluding carboxylic acids is 1. The molecule has 1 aliphatic heterocycles. The highest BCUT2D eigenvalue weighted by molar-refractivity contribution is 7.99. The Labute approximate surface area is 117 Å². The van der Waals surface area contributed by atoms with E-state index in [1.807, 2.05) is 30.6 Å². The SMILES string of the molecule is CC(C(=O)N(C)C1CCSCC1)n1cc(Cl)cn1. The van der Waals surface area contributed by atoms with Crippen molar-refractivity contribution in [3.8, 4) is 0 Å². The van der Waals surface area contributed by atoms with E-state index in [1.165, 1.54) is 0 Å². The van der Waals surface area contributed by atoms with Gasteiger partial charge >= 0.3 is 0 Å². The summed E-state index contributed by atoms with van der Waals surface area (Å²) in [6, 6.07) is 0.0734. The van der Waals surface area contributed by atoms with Crippen LogP contribution in [-0.4, -0.2) is 45.2 Å². The van der Waals surface area contributed by atoms with Gasteiger partial charge in [-0.25, -0.2) is 0 Å². The average molecular weight is 288 g/mol. The maximum Gasteiger partial charge on any atom is 0.247 e. The molecule has 4 nitrogen and oxygen atoms in total. The molecule has 1 unspecified atom stereocenters. The molecule has 1 aromatic heterocycles. The molecule has 1 atom stereocenters. The number of amides is 1. The van der Waals surface area contributed by atoms with Gasteiger partial charge < -0.3 is 4.90 Å². The minimum atomic E-state index is -0.294. The second kappa shape index (κ2) is 5.97. The standard InChI is InChI=1S/C12H18ClN3OS/c1-9(16-8-10(13)7-14-16)12(17)15(2)11-3-5-18-6-4-11/h7-9,11H,3-6H2,1-2H3. The Morgan fingerprint density at radius 2 is 2.28 bits per heavy atom. The summed E-state index contributed by atoms with van der Waals surface area (Å²) in [5.74, 6) is 2.39. The summed E-state index contributed by atoms with van der Waals surface area (Å²) in [6.07, 6.45) is 5.41. The van der Waals surface area contributed by atoms with E-state index in [0.717, 1.165) is 24.3 Å². The lowest BCUT2D eigenvalue weighted by Gasteiger charge is -2.32. The van der Waals surface area contributed by atoms with E-state index in [4.69, 9.17) is 11.6 Å². The van der Waals surface area contributed by atoms with E-state index in [1.54, 1.807) is 17.1 Å². The summed E-state index contributed by atoms with van der Waals surface area (Å²) in [7, 11) is 1.89. The van der Waals surface area contributed by atoms with Crippen LogP contribution in [0.25, 0.3) is 0 Å². The van der Waals surface area contributed by atoms with Gasteiger partial charge in [0.2, 0.25) is 5.91 Å². The van der Waals surface area contributed by atoms with Crippen LogP contribution in [0.15, 0.2) is 12.4 Å². The van der Waals surface area contributed by atoms with Crippen molar-refractivity contribution in [3.05, 3.63) is 17.4 Å². The van der Waals surface area contributed by atoms with E-state index < -0.39 is 0 Å². The fourth-order valence-corrected chi connectivity index (χ4v) is 3.41. The Hall–Kier alpha value is -0.680. The first-order chi connectivity index (χ1) is 8.59. The largest absolute Gasteiger partial charge is 0.341 e. The number of halogens is 1. The number of nitrogens with zero attached hydrogens (tertiary/aromatic N) is 3. The van der Waals surface area contributed by atoms with Crippen molar-refractivity contribution in [3.63, 3.8) is 0 Å². The van der Waals surface area contributed by atoms with Crippen LogP contribution in [0.3, 0.4) is 0 Å². The van der Waals surface area contributed by atoms with Gasteiger partial charge in [0.05, 0.1) is 11.2 Å². The van der Waals surface area contributed by atoms with Gasteiger partial charge in [-0.15, -0.1) is 0 Å².